The Morgan fingerprint density at radius 2 is 2.31 bits per heavy atom. The van der Waals surface area contributed by atoms with Gasteiger partial charge in [0, 0.05) is 13.5 Å². The highest BCUT2D eigenvalue weighted by Crippen LogP contribution is 2.21. The first-order chi connectivity index (χ1) is 12.6. The molecule has 1 atom stereocenters. The van der Waals surface area contributed by atoms with Crippen LogP contribution in [0.5, 0.6) is 5.75 Å². The number of nitrogens with zero attached hydrogens (tertiary/aromatic N) is 6. The van der Waals surface area contributed by atoms with Gasteiger partial charge >= 0.3 is 0 Å². The van der Waals surface area contributed by atoms with Crippen molar-refractivity contribution in [2.24, 2.45) is 0 Å². The molecule has 0 aliphatic heterocycles. The lowest BCUT2D eigenvalue weighted by Crippen LogP contribution is -2.27. The van der Waals surface area contributed by atoms with Crippen molar-refractivity contribution in [3.8, 4) is 11.4 Å². The van der Waals surface area contributed by atoms with E-state index in [1.807, 2.05) is 0 Å². The van der Waals surface area contributed by atoms with E-state index in [9.17, 15) is 9.90 Å². The number of hydrogen-bond acceptors (Lipinski definition) is 9. The van der Waals surface area contributed by atoms with Gasteiger partial charge in [-0.2, -0.15) is 4.98 Å². The summed E-state index contributed by atoms with van der Waals surface area (Å²) in [6, 6.07) is 3.92. The lowest BCUT2D eigenvalue weighted by atomic mass is 10.1. The number of aromatic hydroxyl groups is 1. The number of tetrazole rings is 1. The number of nitrogens with one attached hydrogen (secondary N) is 1. The minimum absolute atomic E-state index is 0.0731. The molecule has 1 aromatic carbocycles. The van der Waals surface area contributed by atoms with E-state index in [0.717, 1.165) is 0 Å². The zero-order valence-corrected chi connectivity index (χ0v) is 14.2. The number of benzene rings is 1. The molecule has 3 rings (SSSR count). The fourth-order valence-electron chi connectivity index (χ4n) is 2.20. The molecular formula is C15H17N7O4. The van der Waals surface area contributed by atoms with E-state index in [1.165, 1.54) is 23.1 Å². The third kappa shape index (κ3) is 3.83. The molecule has 0 bridgehead atoms. The van der Waals surface area contributed by atoms with Crippen molar-refractivity contribution in [1.29, 1.82) is 0 Å². The Labute approximate surface area is 148 Å². The Kier molecular flexibility index (Phi) is 5.17. The third-order valence-electron chi connectivity index (χ3n) is 3.57. The Morgan fingerprint density at radius 3 is 3.04 bits per heavy atom. The van der Waals surface area contributed by atoms with Crippen LogP contribution in [0.4, 0.5) is 0 Å². The second kappa shape index (κ2) is 7.70. The average Bonchev–Trinajstić information content (AvgIpc) is 3.32. The first-order valence-electron chi connectivity index (χ1n) is 7.77. The third-order valence-corrected chi connectivity index (χ3v) is 3.57. The molecule has 0 spiro atoms. The highest BCUT2D eigenvalue weighted by Gasteiger charge is 2.20. The van der Waals surface area contributed by atoms with E-state index < -0.39 is 11.9 Å². The van der Waals surface area contributed by atoms with Gasteiger partial charge in [0.25, 0.3) is 5.91 Å². The maximum Gasteiger partial charge on any atom is 0.255 e. The number of rotatable bonds is 7. The molecule has 0 aliphatic carbocycles. The van der Waals surface area contributed by atoms with E-state index in [1.54, 1.807) is 20.1 Å². The van der Waals surface area contributed by atoms with Gasteiger partial charge in [0.2, 0.25) is 5.89 Å². The molecule has 26 heavy (non-hydrogen) atoms. The molecule has 0 radical (unpaired) electrons. The van der Waals surface area contributed by atoms with Crippen molar-refractivity contribution in [1.82, 2.24) is 35.7 Å². The molecule has 0 saturated heterocycles. The summed E-state index contributed by atoms with van der Waals surface area (Å²) < 4.78 is 11.5. The number of methoxy groups -OCH3 is 1. The SMILES string of the molecule is COCCc1noc([C@@H](C)NC(=O)c2cc(-n3cnnn3)ccc2O)n1. The zero-order valence-electron chi connectivity index (χ0n) is 14.2. The smallest absolute Gasteiger partial charge is 0.255 e. The molecule has 11 heteroatoms. The molecule has 0 aliphatic rings. The number of hydrogen-bond donors (Lipinski definition) is 2. The maximum atomic E-state index is 12.5. The van der Waals surface area contributed by atoms with E-state index in [2.05, 4.69) is 31.0 Å². The van der Waals surface area contributed by atoms with Crippen molar-refractivity contribution in [2.75, 3.05) is 13.7 Å². The summed E-state index contributed by atoms with van der Waals surface area (Å²) in [7, 11) is 1.58. The normalized spacial score (nSPS) is 12.1. The summed E-state index contributed by atoms with van der Waals surface area (Å²) in [5.74, 6) is 0.0893. The van der Waals surface area contributed by atoms with Crippen LogP contribution in [-0.2, 0) is 11.2 Å². The highest BCUT2D eigenvalue weighted by molar-refractivity contribution is 5.97. The standard InChI is InChI=1S/C15H17N7O4/c1-9(15-18-13(19-26-15)5-6-25-2)17-14(24)11-7-10(3-4-12(11)23)22-8-16-20-21-22/h3-4,7-9,23H,5-6H2,1-2H3,(H,17,24)/t9-/m1/s1. The van der Waals surface area contributed by atoms with Crippen LogP contribution in [-0.4, -0.2) is 55.1 Å². The molecule has 0 fully saturated rings. The quantitative estimate of drug-likeness (QED) is 0.614. The van der Waals surface area contributed by atoms with Crippen molar-refractivity contribution in [3.05, 3.63) is 41.8 Å². The minimum atomic E-state index is -0.539. The Hall–Kier alpha value is -3.34. The van der Waals surface area contributed by atoms with Gasteiger partial charge in [-0.15, -0.1) is 5.10 Å². The highest BCUT2D eigenvalue weighted by atomic mass is 16.5. The fraction of sp³-hybridized carbons (Fsp3) is 0.333. The van der Waals surface area contributed by atoms with Gasteiger partial charge in [0.15, 0.2) is 5.82 Å². The molecule has 3 aromatic rings. The molecule has 2 aromatic heterocycles. The summed E-state index contributed by atoms with van der Waals surface area (Å²) >= 11 is 0. The number of ether oxygens (including phenoxy) is 1. The Balaban J connectivity index is 1.73. The molecule has 2 heterocycles. The monoisotopic (exact) mass is 359 g/mol. The number of carbonyl (C=O) groups excluding carboxylic acids is 1. The van der Waals surface area contributed by atoms with E-state index in [0.29, 0.717) is 24.5 Å². The van der Waals surface area contributed by atoms with Crippen LogP contribution < -0.4 is 5.32 Å². The molecule has 0 saturated carbocycles. The van der Waals surface area contributed by atoms with Crippen LogP contribution in [0, 0.1) is 0 Å². The fourth-order valence-corrected chi connectivity index (χ4v) is 2.20. The van der Waals surface area contributed by atoms with Crippen molar-refractivity contribution in [2.45, 2.75) is 19.4 Å². The zero-order chi connectivity index (χ0) is 18.5. The summed E-state index contributed by atoms with van der Waals surface area (Å²) in [5.41, 5.74) is 0.606. The van der Waals surface area contributed by atoms with Gasteiger partial charge in [0.1, 0.15) is 18.1 Å². The lowest BCUT2D eigenvalue weighted by molar-refractivity contribution is 0.0930. The largest absolute Gasteiger partial charge is 0.507 e. The molecule has 2 N–H and O–H groups in total. The van der Waals surface area contributed by atoms with Crippen LogP contribution in [0.1, 0.15) is 35.0 Å². The first-order valence-corrected chi connectivity index (χ1v) is 7.77. The van der Waals surface area contributed by atoms with Crippen LogP contribution in [0.25, 0.3) is 5.69 Å². The summed E-state index contributed by atoms with van der Waals surface area (Å²) in [5, 5.41) is 27.4. The van der Waals surface area contributed by atoms with Gasteiger partial charge in [-0.05, 0) is 35.5 Å². The van der Waals surface area contributed by atoms with Crippen molar-refractivity contribution >= 4 is 5.91 Å². The molecule has 136 valence electrons. The predicted octanol–water partition coefficient (Wildman–Crippen LogP) is 0.431. The maximum absolute atomic E-state index is 12.5. The van der Waals surface area contributed by atoms with Gasteiger partial charge < -0.3 is 19.7 Å². The number of carbonyl (C=O) groups is 1. The summed E-state index contributed by atoms with van der Waals surface area (Å²) in [6.45, 7) is 2.17. The van der Waals surface area contributed by atoms with Crippen LogP contribution in [0.3, 0.4) is 0 Å². The summed E-state index contributed by atoms with van der Waals surface area (Å²) in [4.78, 5) is 16.7. The van der Waals surface area contributed by atoms with E-state index in [-0.39, 0.29) is 17.2 Å². The minimum Gasteiger partial charge on any atom is -0.507 e. The van der Waals surface area contributed by atoms with Crippen LogP contribution in [0.15, 0.2) is 29.0 Å². The van der Waals surface area contributed by atoms with Crippen LogP contribution in [0.2, 0.25) is 0 Å². The average molecular weight is 359 g/mol. The first kappa shape index (κ1) is 17.5. The second-order valence-electron chi connectivity index (χ2n) is 5.44. The predicted molar refractivity (Wildman–Crippen MR) is 86.6 cm³/mol. The molecular weight excluding hydrogens is 342 g/mol. The number of phenolic OH excluding ortho intramolecular Hbond substituents is 1. The summed E-state index contributed by atoms with van der Waals surface area (Å²) in [6.07, 6.45) is 1.89. The van der Waals surface area contributed by atoms with Gasteiger partial charge in [-0.1, -0.05) is 5.16 Å². The molecule has 11 nitrogen and oxygen atoms in total. The Bertz CT molecular complexity index is 878. The number of aromatic nitrogens is 6. The molecule has 1 amide bonds. The second-order valence-corrected chi connectivity index (χ2v) is 5.44. The van der Waals surface area contributed by atoms with Gasteiger partial charge in [-0.3, -0.25) is 4.79 Å². The number of phenols is 1. The number of amides is 1. The van der Waals surface area contributed by atoms with Crippen LogP contribution >= 0.6 is 0 Å². The van der Waals surface area contributed by atoms with Gasteiger partial charge in [-0.25, -0.2) is 4.68 Å². The van der Waals surface area contributed by atoms with E-state index >= 15 is 0 Å². The Morgan fingerprint density at radius 1 is 1.46 bits per heavy atom. The molecule has 0 unspecified atom stereocenters. The van der Waals surface area contributed by atoms with E-state index in [4.69, 9.17) is 9.26 Å². The van der Waals surface area contributed by atoms with Crippen molar-refractivity contribution in [3.63, 3.8) is 0 Å². The van der Waals surface area contributed by atoms with Crippen molar-refractivity contribution < 1.29 is 19.2 Å². The lowest BCUT2D eigenvalue weighted by Gasteiger charge is -2.11. The van der Waals surface area contributed by atoms with Gasteiger partial charge in [0.05, 0.1) is 17.9 Å². The topological polar surface area (TPSA) is 141 Å².